The van der Waals surface area contributed by atoms with Crippen LogP contribution in [0.5, 0.6) is 0 Å². The molecule has 0 heterocycles. The van der Waals surface area contributed by atoms with E-state index in [1.165, 1.54) is 91.4 Å². The lowest BCUT2D eigenvalue weighted by atomic mass is 9.99. The lowest BCUT2D eigenvalue weighted by Gasteiger charge is -2.38. The van der Waals surface area contributed by atoms with Crippen molar-refractivity contribution < 1.29 is 18.1 Å². The molecule has 0 aliphatic carbocycles. The van der Waals surface area contributed by atoms with E-state index in [0.29, 0.717) is 6.54 Å². The second-order valence-corrected chi connectivity index (χ2v) is 10.4. The molecule has 6 heteroatoms. The topological polar surface area (TPSA) is 86.6 Å². The summed E-state index contributed by atoms with van der Waals surface area (Å²) in [7, 11) is -4.40. The van der Waals surface area contributed by atoms with Crippen molar-refractivity contribution >= 4 is 10.1 Å². The van der Waals surface area contributed by atoms with Crippen LogP contribution in [0.4, 0.5) is 0 Å². The highest BCUT2D eigenvalue weighted by molar-refractivity contribution is 7.87. The van der Waals surface area contributed by atoms with Crippen molar-refractivity contribution in [2.45, 2.75) is 128 Å². The summed E-state index contributed by atoms with van der Waals surface area (Å²) < 4.78 is 32.7. The molecule has 0 fully saturated rings. The fourth-order valence-electron chi connectivity index (χ4n) is 3.27. The predicted octanol–water partition coefficient (Wildman–Crippen LogP) is 5.43. The van der Waals surface area contributed by atoms with Gasteiger partial charge in [-0.1, -0.05) is 90.4 Å². The van der Waals surface area contributed by atoms with Crippen LogP contribution in [-0.4, -0.2) is 35.1 Å². The van der Waals surface area contributed by atoms with Gasteiger partial charge in [-0.25, -0.2) is 0 Å². The monoisotopic (exact) mass is 407 g/mol. The third-order valence-corrected chi connectivity index (χ3v) is 7.35. The van der Waals surface area contributed by atoms with Crippen molar-refractivity contribution in [2.75, 3.05) is 6.54 Å². The highest BCUT2D eigenvalue weighted by atomic mass is 32.2. The van der Waals surface area contributed by atoms with Gasteiger partial charge in [-0.05, 0) is 33.7 Å². The van der Waals surface area contributed by atoms with E-state index in [4.69, 9.17) is 0 Å². The first-order valence-electron chi connectivity index (χ1n) is 11.0. The van der Waals surface area contributed by atoms with Crippen LogP contribution in [0.2, 0.25) is 0 Å². The van der Waals surface area contributed by atoms with Crippen LogP contribution in [0.15, 0.2) is 0 Å². The molecule has 0 aromatic carbocycles. The Hall–Kier alpha value is -0.170. The van der Waals surface area contributed by atoms with Gasteiger partial charge in [-0.3, -0.25) is 9.87 Å². The van der Waals surface area contributed by atoms with Gasteiger partial charge in [0.2, 0.25) is 0 Å². The minimum absolute atomic E-state index is 0.457. The van der Waals surface area contributed by atoms with Gasteiger partial charge in [-0.15, -0.1) is 0 Å². The van der Waals surface area contributed by atoms with Crippen molar-refractivity contribution in [3.63, 3.8) is 0 Å². The van der Waals surface area contributed by atoms with Crippen LogP contribution in [-0.2, 0) is 10.1 Å². The third-order valence-electron chi connectivity index (χ3n) is 5.68. The Morgan fingerprint density at radius 2 is 1.04 bits per heavy atom. The van der Waals surface area contributed by atoms with Gasteiger partial charge in [0.15, 0.2) is 4.87 Å². The van der Waals surface area contributed by atoms with Gasteiger partial charge >= 0.3 is 0 Å². The van der Waals surface area contributed by atoms with E-state index in [-0.39, 0.29) is 0 Å². The summed E-state index contributed by atoms with van der Waals surface area (Å²) in [6, 6.07) is 0. The van der Waals surface area contributed by atoms with Crippen molar-refractivity contribution in [1.82, 2.24) is 5.32 Å². The van der Waals surface area contributed by atoms with Crippen LogP contribution in [0.1, 0.15) is 118 Å². The largest absolute Gasteiger partial charge is 0.387 e. The molecule has 0 rings (SSSR count). The van der Waals surface area contributed by atoms with E-state index in [9.17, 15) is 18.1 Å². The molecule has 0 aromatic rings. The molecular weight excluding hydrogens is 362 g/mol. The SMILES string of the molecule is CCCCCCCCCCCCCCCCNC(C)(C(C)(C)O)S(=O)(=O)O. The van der Waals surface area contributed by atoms with E-state index in [2.05, 4.69) is 12.2 Å². The van der Waals surface area contributed by atoms with E-state index in [1.807, 2.05) is 0 Å². The molecule has 164 valence electrons. The molecule has 5 nitrogen and oxygen atoms in total. The van der Waals surface area contributed by atoms with Crippen molar-refractivity contribution in [1.29, 1.82) is 0 Å². The van der Waals surface area contributed by atoms with Crippen molar-refractivity contribution in [3.8, 4) is 0 Å². The summed E-state index contributed by atoms with van der Waals surface area (Å²) in [5, 5.41) is 12.9. The maximum Gasteiger partial charge on any atom is 0.286 e. The first-order chi connectivity index (χ1) is 12.6. The third kappa shape index (κ3) is 11.4. The van der Waals surface area contributed by atoms with Crippen LogP contribution in [0.3, 0.4) is 0 Å². The maximum atomic E-state index is 11.6. The first kappa shape index (κ1) is 26.8. The Labute approximate surface area is 168 Å². The lowest BCUT2D eigenvalue weighted by Crippen LogP contribution is -2.63. The smallest absolute Gasteiger partial charge is 0.286 e. The number of unbranched alkanes of at least 4 members (excludes halogenated alkanes) is 13. The molecular formula is C21H45NO4S. The molecule has 0 amide bonds. The summed E-state index contributed by atoms with van der Waals surface area (Å²) in [4.78, 5) is -1.75. The Kier molecular flexibility index (Phi) is 13.8. The van der Waals surface area contributed by atoms with Gasteiger partial charge in [0, 0.05) is 0 Å². The summed E-state index contributed by atoms with van der Waals surface area (Å²) in [6.07, 6.45) is 17.8. The zero-order valence-corrected chi connectivity index (χ0v) is 19.0. The number of hydrogen-bond acceptors (Lipinski definition) is 4. The average molecular weight is 408 g/mol. The second kappa shape index (κ2) is 13.9. The van der Waals surface area contributed by atoms with E-state index < -0.39 is 20.6 Å². The molecule has 0 spiro atoms. The maximum absolute atomic E-state index is 11.6. The number of aliphatic hydroxyl groups is 1. The molecule has 0 bridgehead atoms. The van der Waals surface area contributed by atoms with E-state index in [1.54, 1.807) is 0 Å². The second-order valence-electron chi connectivity index (χ2n) is 8.59. The minimum atomic E-state index is -4.40. The first-order valence-corrected chi connectivity index (χ1v) is 12.4. The quantitative estimate of drug-likeness (QED) is 0.208. The molecule has 27 heavy (non-hydrogen) atoms. The Balaban J connectivity index is 3.62. The number of rotatable bonds is 18. The van der Waals surface area contributed by atoms with Gasteiger partial charge < -0.3 is 5.11 Å². The molecule has 1 unspecified atom stereocenters. The standard InChI is InChI=1S/C21H45NO4S/c1-5-6-7-8-9-10-11-12-13-14-15-16-17-18-19-22-21(4,20(2,3)23)27(24,25)26/h22-23H,5-19H2,1-4H3,(H,24,25,26). The molecule has 1 atom stereocenters. The summed E-state index contributed by atoms with van der Waals surface area (Å²) >= 11 is 0. The van der Waals surface area contributed by atoms with Crippen molar-refractivity contribution in [2.24, 2.45) is 0 Å². The highest BCUT2D eigenvalue weighted by Crippen LogP contribution is 2.26. The van der Waals surface area contributed by atoms with E-state index >= 15 is 0 Å². The van der Waals surface area contributed by atoms with Gasteiger partial charge in [-0.2, -0.15) is 8.42 Å². The van der Waals surface area contributed by atoms with Gasteiger partial charge in [0.1, 0.15) is 0 Å². The van der Waals surface area contributed by atoms with Gasteiger partial charge in [0.05, 0.1) is 5.60 Å². The molecule has 0 aliphatic heterocycles. The van der Waals surface area contributed by atoms with Crippen LogP contribution in [0, 0.1) is 0 Å². The summed E-state index contributed by atoms with van der Waals surface area (Å²) in [6.45, 7) is 6.81. The van der Waals surface area contributed by atoms with Gasteiger partial charge in [0.25, 0.3) is 10.1 Å². The fourth-order valence-corrected chi connectivity index (χ4v) is 4.19. The molecule has 0 saturated carbocycles. The van der Waals surface area contributed by atoms with E-state index in [0.717, 1.165) is 19.3 Å². The van der Waals surface area contributed by atoms with Crippen LogP contribution < -0.4 is 5.32 Å². The lowest BCUT2D eigenvalue weighted by molar-refractivity contribution is 0.0215. The molecule has 3 N–H and O–H groups in total. The Bertz CT molecular complexity index is 459. The molecule has 0 aliphatic rings. The fraction of sp³-hybridized carbons (Fsp3) is 1.00. The molecule has 0 aromatic heterocycles. The Morgan fingerprint density at radius 3 is 1.33 bits per heavy atom. The minimum Gasteiger partial charge on any atom is -0.387 e. The van der Waals surface area contributed by atoms with Crippen LogP contribution in [0.25, 0.3) is 0 Å². The van der Waals surface area contributed by atoms with Crippen molar-refractivity contribution in [3.05, 3.63) is 0 Å². The Morgan fingerprint density at radius 1 is 0.704 bits per heavy atom. The average Bonchev–Trinajstić information content (AvgIpc) is 2.56. The summed E-state index contributed by atoms with van der Waals surface area (Å²) in [5.41, 5.74) is -1.57. The number of hydrogen-bond donors (Lipinski definition) is 3. The zero-order valence-electron chi connectivity index (χ0n) is 18.2. The highest BCUT2D eigenvalue weighted by Gasteiger charge is 2.49. The predicted molar refractivity (Wildman–Crippen MR) is 115 cm³/mol. The summed E-state index contributed by atoms with van der Waals surface area (Å²) in [5.74, 6) is 0. The number of nitrogens with one attached hydrogen (secondary N) is 1. The molecule has 0 radical (unpaired) electrons. The molecule has 0 saturated heterocycles. The zero-order chi connectivity index (χ0) is 20.8. The van der Waals surface area contributed by atoms with Crippen LogP contribution >= 0.6 is 0 Å². The normalized spacial score (nSPS) is 15.0.